The maximum absolute atomic E-state index is 12.0. The molecule has 1 N–H and O–H groups in total. The molecular formula is C28H57O6PS. The fraction of sp³-hybridized carbons (Fsp3) is 0.964. The first-order valence-electron chi connectivity index (χ1n) is 14.9. The van der Waals surface area contributed by atoms with Gasteiger partial charge in [-0.05, 0) is 31.9 Å². The van der Waals surface area contributed by atoms with Crippen molar-refractivity contribution in [1.29, 1.82) is 0 Å². The average molecular weight is 553 g/mol. The van der Waals surface area contributed by atoms with E-state index in [0.29, 0.717) is 6.42 Å². The zero-order chi connectivity index (χ0) is 26.9. The number of thioether (sulfide) groups is 1. The largest absolute Gasteiger partial charge is 0.452 e. The Kier molecular flexibility index (Phi) is 25.2. The first-order chi connectivity index (χ1) is 17.4. The van der Waals surface area contributed by atoms with E-state index in [1.165, 1.54) is 103 Å². The molecule has 0 spiro atoms. The predicted molar refractivity (Wildman–Crippen MR) is 154 cm³/mol. The van der Waals surface area contributed by atoms with Gasteiger partial charge in [-0.2, -0.15) is 16.6 Å². The van der Waals surface area contributed by atoms with E-state index in [9.17, 15) is 14.3 Å². The van der Waals surface area contributed by atoms with Crippen LogP contribution in [0.2, 0.25) is 0 Å². The molecule has 3 unspecified atom stereocenters. The van der Waals surface area contributed by atoms with Gasteiger partial charge in [-0.1, -0.05) is 124 Å². The first-order valence-corrected chi connectivity index (χ1v) is 17.5. The minimum absolute atomic E-state index is 0.0218. The average Bonchev–Trinajstić information content (AvgIpc) is 2.87. The summed E-state index contributed by atoms with van der Waals surface area (Å²) in [6, 6.07) is 0. The Hall–Kier alpha value is -0.0700. The van der Waals surface area contributed by atoms with Crippen LogP contribution < -0.4 is 0 Å². The van der Waals surface area contributed by atoms with Gasteiger partial charge in [-0.15, -0.1) is 0 Å². The van der Waals surface area contributed by atoms with Gasteiger partial charge in [0.1, 0.15) is 6.10 Å². The maximum Gasteiger partial charge on any atom is 0.452 e. The summed E-state index contributed by atoms with van der Waals surface area (Å²) in [4.78, 5) is 31.7. The van der Waals surface area contributed by atoms with E-state index >= 15 is 0 Å². The van der Waals surface area contributed by atoms with Crippen molar-refractivity contribution in [2.24, 2.45) is 0 Å². The minimum Gasteiger partial charge on any atom is -0.316 e. The summed E-state index contributed by atoms with van der Waals surface area (Å²) < 4.78 is 16.7. The lowest BCUT2D eigenvalue weighted by Crippen LogP contribution is -2.25. The molecule has 0 fully saturated rings. The van der Waals surface area contributed by atoms with Crippen LogP contribution in [0.25, 0.3) is 0 Å². The molecule has 0 aliphatic heterocycles. The van der Waals surface area contributed by atoms with Gasteiger partial charge in [0.05, 0.1) is 6.61 Å². The summed E-state index contributed by atoms with van der Waals surface area (Å²) in [5, 5.41) is 0.182. The standard InChI is InChI=1S/C28H57O6PS/c1-5-8-10-12-14-15-16-18-20-22-25-36-27(23-21-19-17-13-11-9-6-2)26(4)33-34-28(29)35(30,31)32-24-7-3/h26-27H,5-25H2,1-4H3,(H,30,31). The highest BCUT2D eigenvalue weighted by Crippen LogP contribution is 2.44. The van der Waals surface area contributed by atoms with Crippen molar-refractivity contribution in [3.05, 3.63) is 0 Å². The van der Waals surface area contributed by atoms with Gasteiger partial charge in [0.25, 0.3) is 0 Å². The Bertz CT molecular complexity index is 548. The van der Waals surface area contributed by atoms with E-state index in [-0.39, 0.29) is 18.0 Å². The second kappa shape index (κ2) is 25.2. The quantitative estimate of drug-likeness (QED) is 0.0470. The maximum atomic E-state index is 12.0. The highest BCUT2D eigenvalue weighted by atomic mass is 32.2. The Labute approximate surface area is 226 Å². The van der Waals surface area contributed by atoms with Crippen LogP contribution in [0.15, 0.2) is 0 Å². The highest BCUT2D eigenvalue weighted by molar-refractivity contribution is 7.99. The van der Waals surface area contributed by atoms with Crippen LogP contribution in [0, 0.1) is 0 Å². The second-order valence-corrected chi connectivity index (χ2v) is 13.0. The molecule has 216 valence electrons. The van der Waals surface area contributed by atoms with Crippen molar-refractivity contribution in [3.63, 3.8) is 0 Å². The third kappa shape index (κ3) is 20.9. The Morgan fingerprint density at radius 1 is 0.750 bits per heavy atom. The molecule has 0 aromatic rings. The lowest BCUT2D eigenvalue weighted by molar-refractivity contribution is -0.262. The van der Waals surface area contributed by atoms with Crippen LogP contribution in [0.5, 0.6) is 0 Å². The van der Waals surface area contributed by atoms with E-state index in [2.05, 4.69) is 13.8 Å². The zero-order valence-corrected chi connectivity index (χ0v) is 25.6. The molecule has 0 heterocycles. The molecule has 0 bridgehead atoms. The molecule has 3 atom stereocenters. The van der Waals surface area contributed by atoms with Crippen LogP contribution in [-0.4, -0.2) is 34.3 Å². The normalized spacial score (nSPS) is 14.9. The van der Waals surface area contributed by atoms with E-state index in [0.717, 1.165) is 18.6 Å². The second-order valence-electron chi connectivity index (χ2n) is 10.0. The van der Waals surface area contributed by atoms with Crippen LogP contribution in [0.4, 0.5) is 4.79 Å². The lowest BCUT2D eigenvalue weighted by atomic mass is 10.1. The van der Waals surface area contributed by atoms with Gasteiger partial charge in [0.2, 0.25) is 0 Å². The van der Waals surface area contributed by atoms with Gasteiger partial charge < -0.3 is 9.42 Å². The first kappa shape index (κ1) is 35.9. The number of rotatable bonds is 27. The molecule has 0 aliphatic rings. The number of carbonyl (C=O) groups is 1. The van der Waals surface area contributed by atoms with Crippen molar-refractivity contribution < 1.29 is 28.6 Å². The molecule has 0 aromatic carbocycles. The predicted octanol–water partition coefficient (Wildman–Crippen LogP) is 10.2. The molecule has 6 nitrogen and oxygen atoms in total. The van der Waals surface area contributed by atoms with Crippen molar-refractivity contribution >= 4 is 25.1 Å². The summed E-state index contributed by atoms with van der Waals surface area (Å²) in [5.74, 6) is 1.05. The molecule has 0 aliphatic carbocycles. The van der Waals surface area contributed by atoms with E-state index in [4.69, 9.17) is 14.3 Å². The zero-order valence-electron chi connectivity index (χ0n) is 23.8. The van der Waals surface area contributed by atoms with E-state index in [1.807, 2.05) is 18.7 Å². The molecule has 0 aromatic heterocycles. The van der Waals surface area contributed by atoms with Crippen molar-refractivity contribution in [2.75, 3.05) is 12.4 Å². The van der Waals surface area contributed by atoms with Gasteiger partial charge in [-0.3, -0.25) is 4.89 Å². The molecule has 36 heavy (non-hydrogen) atoms. The van der Waals surface area contributed by atoms with Crippen LogP contribution >= 0.6 is 19.4 Å². The fourth-order valence-corrected chi connectivity index (χ4v) is 6.07. The van der Waals surface area contributed by atoms with Gasteiger partial charge in [0.15, 0.2) is 0 Å². The molecular weight excluding hydrogens is 495 g/mol. The van der Waals surface area contributed by atoms with Crippen molar-refractivity contribution in [3.8, 4) is 0 Å². The number of carbonyl (C=O) groups excluding carboxylic acids is 1. The van der Waals surface area contributed by atoms with E-state index in [1.54, 1.807) is 6.92 Å². The van der Waals surface area contributed by atoms with E-state index < -0.39 is 13.3 Å². The van der Waals surface area contributed by atoms with Crippen molar-refractivity contribution in [2.45, 2.75) is 161 Å². The fourth-order valence-electron chi connectivity index (χ4n) is 4.07. The Morgan fingerprint density at radius 3 is 1.72 bits per heavy atom. The van der Waals surface area contributed by atoms with Gasteiger partial charge in [-0.25, -0.2) is 9.36 Å². The third-order valence-corrected chi connectivity index (χ3v) is 9.06. The highest BCUT2D eigenvalue weighted by Gasteiger charge is 2.35. The lowest BCUT2D eigenvalue weighted by Gasteiger charge is -2.23. The van der Waals surface area contributed by atoms with Crippen LogP contribution in [0.1, 0.15) is 150 Å². The monoisotopic (exact) mass is 552 g/mol. The topological polar surface area (TPSA) is 82.1 Å². The third-order valence-electron chi connectivity index (χ3n) is 6.42. The smallest absolute Gasteiger partial charge is 0.316 e. The van der Waals surface area contributed by atoms with Gasteiger partial charge in [0, 0.05) is 5.25 Å². The van der Waals surface area contributed by atoms with Crippen LogP contribution in [-0.2, 0) is 18.9 Å². The molecule has 8 heteroatoms. The van der Waals surface area contributed by atoms with Crippen molar-refractivity contribution in [1.82, 2.24) is 0 Å². The SMILES string of the molecule is CCCCCCCCCCCCSC(CCCCCCCCC)C(C)OOC(=O)P(=O)(O)OCCC. The summed E-state index contributed by atoms with van der Waals surface area (Å²) in [7, 11) is -4.47. The Balaban J connectivity index is 4.35. The minimum atomic E-state index is -4.47. The molecule has 0 rings (SSSR count). The molecule has 0 saturated heterocycles. The van der Waals surface area contributed by atoms with Crippen LogP contribution in [0.3, 0.4) is 0 Å². The summed E-state index contributed by atoms with van der Waals surface area (Å²) >= 11 is 1.87. The molecule has 0 amide bonds. The summed E-state index contributed by atoms with van der Waals surface area (Å²) in [6.07, 6.45) is 23.1. The number of hydrogen-bond donors (Lipinski definition) is 1. The molecule has 0 radical (unpaired) electrons. The summed E-state index contributed by atoms with van der Waals surface area (Å²) in [6.45, 7) is 8.18. The number of unbranched alkanes of at least 4 members (excludes halogenated alkanes) is 15. The molecule has 0 saturated carbocycles. The Morgan fingerprint density at radius 2 is 1.22 bits per heavy atom. The number of hydrogen-bond acceptors (Lipinski definition) is 6. The van der Waals surface area contributed by atoms with Gasteiger partial charge >= 0.3 is 13.3 Å². The summed E-state index contributed by atoms with van der Waals surface area (Å²) in [5.41, 5.74) is -1.34.